The molecule has 40 heavy (non-hydrogen) atoms. The molecule has 1 aromatic rings. The van der Waals surface area contributed by atoms with Crippen LogP contribution in [0.3, 0.4) is 0 Å². The molecule has 0 saturated heterocycles. The standard InChI is InChI=1S/C27H38N6O7/c1-17(2)24(32-21(35)7-3-4-15-33-22(36)12-13-23(33)37)26(39)31-20(6-5-14-29-27(28)40)25(38)30-19-10-8-18(16-34)9-11-19/h8-13,17,20,24,34H,3-7,14-16H2,1-2H3,(H,30,38)(H,31,39)(H,32,35)(H3,28,29,40)/t20-,24-/m0/s1. The predicted molar refractivity (Wildman–Crippen MR) is 146 cm³/mol. The van der Waals surface area contributed by atoms with Gasteiger partial charge in [0.15, 0.2) is 0 Å². The maximum atomic E-state index is 13.2. The van der Waals surface area contributed by atoms with Crippen LogP contribution in [0.5, 0.6) is 0 Å². The quantitative estimate of drug-likeness (QED) is 0.124. The molecule has 0 fully saturated rings. The third-order valence-corrected chi connectivity index (χ3v) is 6.21. The number of carbonyl (C=O) groups is 6. The molecule has 1 aromatic carbocycles. The molecule has 0 spiro atoms. The molecular weight excluding hydrogens is 520 g/mol. The molecule has 0 saturated carbocycles. The number of carbonyl (C=O) groups excluding carboxylic acids is 6. The monoisotopic (exact) mass is 558 g/mol. The van der Waals surface area contributed by atoms with Crippen LogP contribution in [0, 0.1) is 5.92 Å². The van der Waals surface area contributed by atoms with Crippen LogP contribution >= 0.6 is 0 Å². The Morgan fingerprint density at radius 3 is 2.15 bits per heavy atom. The van der Waals surface area contributed by atoms with Crippen molar-refractivity contribution in [2.45, 2.75) is 64.6 Å². The summed E-state index contributed by atoms with van der Waals surface area (Å²) in [6.07, 6.45) is 3.88. The summed E-state index contributed by atoms with van der Waals surface area (Å²) >= 11 is 0. The van der Waals surface area contributed by atoms with Gasteiger partial charge in [0.2, 0.25) is 17.7 Å². The second-order valence-corrected chi connectivity index (χ2v) is 9.75. The van der Waals surface area contributed by atoms with E-state index >= 15 is 0 Å². The van der Waals surface area contributed by atoms with Crippen molar-refractivity contribution in [3.05, 3.63) is 42.0 Å². The van der Waals surface area contributed by atoms with Crippen LogP contribution in [-0.2, 0) is 30.6 Å². The number of nitrogens with two attached hydrogens (primary N) is 1. The highest BCUT2D eigenvalue weighted by Gasteiger charge is 2.29. The van der Waals surface area contributed by atoms with Crippen LogP contribution in [-0.4, -0.2) is 70.7 Å². The molecule has 2 rings (SSSR count). The van der Waals surface area contributed by atoms with E-state index in [4.69, 9.17) is 5.73 Å². The fourth-order valence-electron chi connectivity index (χ4n) is 3.96. The van der Waals surface area contributed by atoms with E-state index in [-0.39, 0.29) is 56.2 Å². The summed E-state index contributed by atoms with van der Waals surface area (Å²) in [5.74, 6) is -2.45. The highest BCUT2D eigenvalue weighted by Crippen LogP contribution is 2.12. The second-order valence-electron chi connectivity index (χ2n) is 9.75. The van der Waals surface area contributed by atoms with Crippen molar-refractivity contribution < 1.29 is 33.9 Å². The number of hydrogen-bond acceptors (Lipinski definition) is 7. The van der Waals surface area contributed by atoms with Gasteiger partial charge < -0.3 is 32.1 Å². The van der Waals surface area contributed by atoms with Gasteiger partial charge in [-0.05, 0) is 49.3 Å². The number of nitrogens with one attached hydrogen (secondary N) is 4. The third kappa shape index (κ3) is 10.5. The number of amides is 7. The van der Waals surface area contributed by atoms with E-state index in [1.807, 2.05) is 0 Å². The lowest BCUT2D eigenvalue weighted by Crippen LogP contribution is -2.54. The number of urea groups is 1. The lowest BCUT2D eigenvalue weighted by molar-refractivity contribution is -0.136. The molecule has 13 nitrogen and oxygen atoms in total. The molecule has 7 N–H and O–H groups in total. The topological polar surface area (TPSA) is 200 Å². The fraction of sp³-hybridized carbons (Fsp3) is 0.481. The molecule has 0 bridgehead atoms. The van der Waals surface area contributed by atoms with E-state index in [1.165, 1.54) is 12.2 Å². The Labute approximate surface area is 232 Å². The predicted octanol–water partition coefficient (Wildman–Crippen LogP) is 0.287. The number of aliphatic hydroxyl groups is 1. The zero-order chi connectivity index (χ0) is 29.7. The van der Waals surface area contributed by atoms with Crippen LogP contribution in [0.1, 0.15) is 51.5 Å². The maximum absolute atomic E-state index is 13.2. The van der Waals surface area contributed by atoms with Gasteiger partial charge in [-0.15, -0.1) is 0 Å². The highest BCUT2D eigenvalue weighted by molar-refractivity contribution is 6.12. The van der Waals surface area contributed by atoms with Gasteiger partial charge in [0.1, 0.15) is 12.1 Å². The fourth-order valence-corrected chi connectivity index (χ4v) is 3.96. The van der Waals surface area contributed by atoms with Crippen LogP contribution in [0.25, 0.3) is 0 Å². The van der Waals surface area contributed by atoms with Crippen molar-refractivity contribution in [1.29, 1.82) is 0 Å². The average molecular weight is 559 g/mol. The average Bonchev–Trinajstić information content (AvgIpc) is 3.23. The molecule has 1 heterocycles. The van der Waals surface area contributed by atoms with Gasteiger partial charge in [0.05, 0.1) is 6.61 Å². The Bertz CT molecular complexity index is 1090. The third-order valence-electron chi connectivity index (χ3n) is 6.21. The minimum absolute atomic E-state index is 0.0900. The van der Waals surface area contributed by atoms with Gasteiger partial charge in [0.25, 0.3) is 11.8 Å². The molecule has 0 aromatic heterocycles. The molecule has 1 aliphatic heterocycles. The number of hydrogen-bond donors (Lipinski definition) is 6. The SMILES string of the molecule is CC(C)[C@H](NC(=O)CCCCN1C(=O)C=CC1=O)C(=O)N[C@@H](CCCNC(N)=O)C(=O)Nc1ccc(CO)cc1. The van der Waals surface area contributed by atoms with Crippen LogP contribution in [0.4, 0.5) is 10.5 Å². The van der Waals surface area contributed by atoms with Gasteiger partial charge in [0, 0.05) is 37.3 Å². The van der Waals surface area contributed by atoms with Gasteiger partial charge in [-0.2, -0.15) is 0 Å². The molecule has 1 aliphatic rings. The molecule has 2 atom stereocenters. The van der Waals surface area contributed by atoms with E-state index in [9.17, 15) is 33.9 Å². The molecule has 0 aliphatic carbocycles. The number of primary amides is 1. The Morgan fingerprint density at radius 2 is 1.57 bits per heavy atom. The zero-order valence-corrected chi connectivity index (χ0v) is 22.8. The summed E-state index contributed by atoms with van der Waals surface area (Å²) < 4.78 is 0. The maximum Gasteiger partial charge on any atom is 0.312 e. The summed E-state index contributed by atoms with van der Waals surface area (Å²) in [5, 5.41) is 19.8. The van der Waals surface area contributed by atoms with E-state index < -0.39 is 29.9 Å². The Kier molecular flexibility index (Phi) is 12.8. The summed E-state index contributed by atoms with van der Waals surface area (Å²) in [4.78, 5) is 74.1. The Balaban J connectivity index is 1.95. The summed E-state index contributed by atoms with van der Waals surface area (Å²) in [7, 11) is 0. The summed E-state index contributed by atoms with van der Waals surface area (Å²) in [6, 6.07) is 3.97. The first-order valence-electron chi connectivity index (χ1n) is 13.2. The van der Waals surface area contributed by atoms with Gasteiger partial charge >= 0.3 is 6.03 Å². The number of nitrogens with zero attached hydrogens (tertiary/aromatic N) is 1. The van der Waals surface area contributed by atoms with Crippen molar-refractivity contribution in [2.75, 3.05) is 18.4 Å². The number of rotatable bonds is 16. The Hall–Kier alpha value is -4.26. The minimum Gasteiger partial charge on any atom is -0.392 e. The molecule has 0 radical (unpaired) electrons. The van der Waals surface area contributed by atoms with Crippen molar-refractivity contribution in [2.24, 2.45) is 11.7 Å². The zero-order valence-electron chi connectivity index (χ0n) is 22.8. The smallest absolute Gasteiger partial charge is 0.312 e. The summed E-state index contributed by atoms with van der Waals surface area (Å²) in [6.45, 7) is 3.79. The number of aliphatic hydroxyl groups excluding tert-OH is 1. The first-order valence-corrected chi connectivity index (χ1v) is 13.2. The molecule has 7 amide bonds. The van der Waals surface area contributed by atoms with Crippen molar-refractivity contribution in [1.82, 2.24) is 20.9 Å². The lowest BCUT2D eigenvalue weighted by atomic mass is 10.0. The van der Waals surface area contributed by atoms with Crippen LogP contribution < -0.4 is 27.0 Å². The van der Waals surface area contributed by atoms with Crippen LogP contribution in [0.2, 0.25) is 0 Å². The second kappa shape index (κ2) is 16.0. The molecular formula is C27H38N6O7. The minimum atomic E-state index is -0.970. The first-order chi connectivity index (χ1) is 19.0. The molecule has 0 unspecified atom stereocenters. The number of benzene rings is 1. The van der Waals surface area contributed by atoms with Gasteiger partial charge in [-0.3, -0.25) is 28.9 Å². The number of unbranched alkanes of at least 4 members (excludes halogenated alkanes) is 1. The normalized spacial score (nSPS) is 14.2. The summed E-state index contributed by atoms with van der Waals surface area (Å²) in [5.41, 5.74) is 6.23. The molecule has 218 valence electrons. The van der Waals surface area contributed by atoms with Crippen molar-refractivity contribution in [3.8, 4) is 0 Å². The van der Waals surface area contributed by atoms with Crippen LogP contribution in [0.15, 0.2) is 36.4 Å². The van der Waals surface area contributed by atoms with E-state index in [1.54, 1.807) is 38.1 Å². The molecule has 13 heteroatoms. The highest BCUT2D eigenvalue weighted by atomic mass is 16.3. The van der Waals surface area contributed by atoms with Crippen molar-refractivity contribution in [3.63, 3.8) is 0 Å². The van der Waals surface area contributed by atoms with E-state index in [0.717, 1.165) is 4.90 Å². The largest absolute Gasteiger partial charge is 0.392 e. The van der Waals surface area contributed by atoms with Gasteiger partial charge in [-0.25, -0.2) is 4.79 Å². The van der Waals surface area contributed by atoms with Gasteiger partial charge in [-0.1, -0.05) is 26.0 Å². The van der Waals surface area contributed by atoms with Crippen molar-refractivity contribution >= 4 is 41.3 Å². The number of imide groups is 1. The number of anilines is 1. The lowest BCUT2D eigenvalue weighted by Gasteiger charge is -2.25. The van der Waals surface area contributed by atoms with E-state index in [2.05, 4.69) is 21.3 Å². The van der Waals surface area contributed by atoms with E-state index in [0.29, 0.717) is 30.5 Å². The first kappa shape index (κ1) is 32.0. The Morgan fingerprint density at radius 1 is 0.925 bits per heavy atom.